The molecule has 0 fully saturated rings. The van der Waals surface area contributed by atoms with Crippen molar-refractivity contribution in [2.24, 2.45) is 5.92 Å². The van der Waals surface area contributed by atoms with Crippen molar-refractivity contribution in [3.05, 3.63) is 33.3 Å². The standard InChI is InChI=1S/C13H16BrClO/c1-3-9(4-2)7-13(16)11-8-10(14)5-6-12(11)15/h5-6,8-9H,3-4,7H2,1-2H3. The summed E-state index contributed by atoms with van der Waals surface area (Å²) < 4.78 is 0.893. The molecule has 0 aliphatic rings. The highest BCUT2D eigenvalue weighted by Gasteiger charge is 2.15. The first-order chi connectivity index (χ1) is 7.58. The number of hydrogen-bond donors (Lipinski definition) is 0. The smallest absolute Gasteiger partial charge is 0.164 e. The van der Waals surface area contributed by atoms with Crippen LogP contribution in [0.1, 0.15) is 43.5 Å². The second-order valence-electron chi connectivity index (χ2n) is 3.93. The van der Waals surface area contributed by atoms with Gasteiger partial charge in [0.1, 0.15) is 0 Å². The SMILES string of the molecule is CCC(CC)CC(=O)c1cc(Br)ccc1Cl. The maximum absolute atomic E-state index is 12.0. The van der Waals surface area contributed by atoms with E-state index in [2.05, 4.69) is 29.8 Å². The van der Waals surface area contributed by atoms with Crippen molar-refractivity contribution in [3.8, 4) is 0 Å². The molecule has 0 aliphatic carbocycles. The van der Waals surface area contributed by atoms with Crippen molar-refractivity contribution in [2.45, 2.75) is 33.1 Å². The molecule has 1 nitrogen and oxygen atoms in total. The van der Waals surface area contributed by atoms with E-state index in [9.17, 15) is 4.79 Å². The van der Waals surface area contributed by atoms with E-state index < -0.39 is 0 Å². The zero-order chi connectivity index (χ0) is 12.1. The highest BCUT2D eigenvalue weighted by atomic mass is 79.9. The summed E-state index contributed by atoms with van der Waals surface area (Å²) in [4.78, 5) is 12.0. The number of Topliss-reactive ketones (excluding diaryl/α,β-unsaturated/α-hetero) is 1. The van der Waals surface area contributed by atoms with Crippen LogP contribution in [0.5, 0.6) is 0 Å². The summed E-state index contributed by atoms with van der Waals surface area (Å²) in [7, 11) is 0. The van der Waals surface area contributed by atoms with E-state index in [4.69, 9.17) is 11.6 Å². The van der Waals surface area contributed by atoms with Crippen molar-refractivity contribution in [1.82, 2.24) is 0 Å². The molecular weight excluding hydrogens is 287 g/mol. The molecular formula is C13H16BrClO. The predicted octanol–water partition coefficient (Wildman–Crippen LogP) is 5.11. The molecule has 0 saturated carbocycles. The molecule has 3 heteroatoms. The van der Waals surface area contributed by atoms with Crippen LogP contribution in [0.2, 0.25) is 5.02 Å². The second kappa shape index (κ2) is 6.41. The van der Waals surface area contributed by atoms with E-state index in [1.54, 1.807) is 12.1 Å². The van der Waals surface area contributed by atoms with Gasteiger partial charge in [-0.2, -0.15) is 0 Å². The Morgan fingerprint density at radius 2 is 2.00 bits per heavy atom. The normalized spacial score (nSPS) is 10.8. The van der Waals surface area contributed by atoms with Gasteiger partial charge in [-0.3, -0.25) is 4.79 Å². The molecule has 0 unspecified atom stereocenters. The molecule has 1 rings (SSSR count). The van der Waals surface area contributed by atoms with Crippen LogP contribution in [0, 0.1) is 5.92 Å². The Hall–Kier alpha value is -0.340. The van der Waals surface area contributed by atoms with Gasteiger partial charge in [0, 0.05) is 16.5 Å². The zero-order valence-corrected chi connectivity index (χ0v) is 11.9. The third-order valence-electron chi connectivity index (χ3n) is 2.86. The second-order valence-corrected chi connectivity index (χ2v) is 5.26. The Labute approximate surface area is 110 Å². The average Bonchev–Trinajstić information content (AvgIpc) is 2.28. The predicted molar refractivity (Wildman–Crippen MR) is 72.2 cm³/mol. The minimum absolute atomic E-state index is 0.139. The number of halogens is 2. The van der Waals surface area contributed by atoms with Gasteiger partial charge in [-0.15, -0.1) is 0 Å². The molecule has 0 radical (unpaired) electrons. The molecule has 0 N–H and O–H groups in total. The summed E-state index contributed by atoms with van der Waals surface area (Å²) in [6.45, 7) is 4.23. The average molecular weight is 304 g/mol. The van der Waals surface area contributed by atoms with Crippen molar-refractivity contribution >= 4 is 33.3 Å². The molecule has 0 amide bonds. The summed E-state index contributed by atoms with van der Waals surface area (Å²) in [5, 5.41) is 0.541. The molecule has 0 heterocycles. The van der Waals surface area contributed by atoms with Crippen molar-refractivity contribution < 1.29 is 4.79 Å². The molecule has 0 atom stereocenters. The fraction of sp³-hybridized carbons (Fsp3) is 0.462. The minimum atomic E-state index is 0.139. The summed E-state index contributed by atoms with van der Waals surface area (Å²) in [6.07, 6.45) is 2.66. The largest absolute Gasteiger partial charge is 0.294 e. The van der Waals surface area contributed by atoms with E-state index in [1.807, 2.05) is 6.07 Å². The maximum Gasteiger partial charge on any atom is 0.164 e. The Morgan fingerprint density at radius 3 is 2.56 bits per heavy atom. The maximum atomic E-state index is 12.0. The number of carbonyl (C=O) groups excluding carboxylic acids is 1. The van der Waals surface area contributed by atoms with Gasteiger partial charge in [0.05, 0.1) is 5.02 Å². The van der Waals surface area contributed by atoms with Crippen LogP contribution in [0.25, 0.3) is 0 Å². The van der Waals surface area contributed by atoms with Gasteiger partial charge in [0.2, 0.25) is 0 Å². The third kappa shape index (κ3) is 3.60. The van der Waals surface area contributed by atoms with Crippen molar-refractivity contribution in [3.63, 3.8) is 0 Å². The van der Waals surface area contributed by atoms with Gasteiger partial charge in [-0.1, -0.05) is 54.2 Å². The Morgan fingerprint density at radius 1 is 1.38 bits per heavy atom. The van der Waals surface area contributed by atoms with Crippen molar-refractivity contribution in [2.75, 3.05) is 0 Å². The summed E-state index contributed by atoms with van der Waals surface area (Å²) >= 11 is 9.37. The van der Waals surface area contributed by atoms with Crippen LogP contribution >= 0.6 is 27.5 Å². The van der Waals surface area contributed by atoms with Crippen LogP contribution < -0.4 is 0 Å². The Bertz CT molecular complexity index is 372. The first-order valence-corrected chi connectivity index (χ1v) is 6.73. The lowest BCUT2D eigenvalue weighted by atomic mass is 9.94. The lowest BCUT2D eigenvalue weighted by molar-refractivity contribution is 0.0959. The number of rotatable bonds is 5. The van der Waals surface area contributed by atoms with E-state index in [1.165, 1.54) is 0 Å². The van der Waals surface area contributed by atoms with Gasteiger partial charge in [0.15, 0.2) is 5.78 Å². The van der Waals surface area contributed by atoms with Gasteiger partial charge >= 0.3 is 0 Å². The van der Waals surface area contributed by atoms with Gasteiger partial charge in [-0.25, -0.2) is 0 Å². The quantitative estimate of drug-likeness (QED) is 0.691. The Balaban J connectivity index is 2.83. The topological polar surface area (TPSA) is 17.1 Å². The summed E-state index contributed by atoms with van der Waals surface area (Å²) in [5.41, 5.74) is 0.628. The Kier molecular flexibility index (Phi) is 5.50. The molecule has 16 heavy (non-hydrogen) atoms. The highest BCUT2D eigenvalue weighted by molar-refractivity contribution is 9.10. The molecule has 1 aromatic carbocycles. The van der Waals surface area contributed by atoms with Gasteiger partial charge in [0.25, 0.3) is 0 Å². The first-order valence-electron chi connectivity index (χ1n) is 5.56. The first kappa shape index (κ1) is 13.7. The van der Waals surface area contributed by atoms with Crippen LogP contribution in [0.15, 0.2) is 22.7 Å². The molecule has 0 bridgehead atoms. The molecule has 88 valence electrons. The van der Waals surface area contributed by atoms with Crippen molar-refractivity contribution in [1.29, 1.82) is 0 Å². The van der Waals surface area contributed by atoms with E-state index in [0.29, 0.717) is 22.9 Å². The molecule has 1 aromatic rings. The lowest BCUT2D eigenvalue weighted by Gasteiger charge is -2.11. The van der Waals surface area contributed by atoms with Crippen LogP contribution in [0.4, 0.5) is 0 Å². The zero-order valence-electron chi connectivity index (χ0n) is 9.59. The number of hydrogen-bond acceptors (Lipinski definition) is 1. The van der Waals surface area contributed by atoms with E-state index >= 15 is 0 Å². The van der Waals surface area contributed by atoms with Crippen LogP contribution in [-0.4, -0.2) is 5.78 Å². The number of benzene rings is 1. The fourth-order valence-corrected chi connectivity index (χ4v) is 2.24. The third-order valence-corrected chi connectivity index (χ3v) is 3.68. The van der Waals surface area contributed by atoms with Crippen LogP contribution in [-0.2, 0) is 0 Å². The molecule has 0 aromatic heterocycles. The number of carbonyl (C=O) groups is 1. The summed E-state index contributed by atoms with van der Waals surface area (Å²) in [6, 6.07) is 5.40. The molecule has 0 saturated heterocycles. The lowest BCUT2D eigenvalue weighted by Crippen LogP contribution is -2.08. The minimum Gasteiger partial charge on any atom is -0.294 e. The molecule has 0 spiro atoms. The van der Waals surface area contributed by atoms with Crippen LogP contribution in [0.3, 0.4) is 0 Å². The molecule has 0 aliphatic heterocycles. The summed E-state index contributed by atoms with van der Waals surface area (Å²) in [5.74, 6) is 0.600. The highest BCUT2D eigenvalue weighted by Crippen LogP contribution is 2.24. The van der Waals surface area contributed by atoms with E-state index in [0.717, 1.165) is 17.3 Å². The number of ketones is 1. The van der Waals surface area contributed by atoms with Gasteiger partial charge in [-0.05, 0) is 24.1 Å². The monoisotopic (exact) mass is 302 g/mol. The van der Waals surface area contributed by atoms with E-state index in [-0.39, 0.29) is 5.78 Å². The fourth-order valence-electron chi connectivity index (χ4n) is 1.66. The van der Waals surface area contributed by atoms with Gasteiger partial charge < -0.3 is 0 Å².